The van der Waals surface area contributed by atoms with E-state index in [1.165, 1.54) is 18.2 Å². The molecule has 4 aliphatic rings. The van der Waals surface area contributed by atoms with E-state index >= 15 is 4.39 Å². The van der Waals surface area contributed by atoms with Gasteiger partial charge in [-0.2, -0.15) is 0 Å². The molecular formula is C21H22Cl2F2O3. The van der Waals surface area contributed by atoms with Crippen molar-refractivity contribution in [3.05, 3.63) is 35.7 Å². The Hall–Kier alpha value is -1.04. The van der Waals surface area contributed by atoms with Gasteiger partial charge < -0.3 is 5.11 Å². The van der Waals surface area contributed by atoms with Crippen molar-refractivity contribution < 1.29 is 23.5 Å². The lowest BCUT2D eigenvalue weighted by Gasteiger charge is -2.62. The van der Waals surface area contributed by atoms with Crippen LogP contribution in [0.25, 0.3) is 0 Å². The average molecular weight is 431 g/mol. The number of carbonyl (C=O) groups excluding carboxylic acids is 2. The summed E-state index contributed by atoms with van der Waals surface area (Å²) in [4.78, 5) is 23.0. The van der Waals surface area contributed by atoms with Gasteiger partial charge in [-0.25, -0.2) is 8.78 Å². The van der Waals surface area contributed by atoms with Crippen LogP contribution in [0.15, 0.2) is 35.7 Å². The monoisotopic (exact) mass is 430 g/mol. The lowest BCUT2D eigenvalue weighted by atomic mass is 9.48. The molecule has 4 aliphatic carbocycles. The van der Waals surface area contributed by atoms with Gasteiger partial charge in [0.1, 0.15) is 11.4 Å². The van der Waals surface area contributed by atoms with E-state index in [4.69, 9.17) is 23.2 Å². The number of rotatable bonds is 2. The highest BCUT2D eigenvalue weighted by Gasteiger charge is 2.72. The molecule has 7 atom stereocenters. The molecular weight excluding hydrogens is 409 g/mol. The van der Waals surface area contributed by atoms with Gasteiger partial charge in [0.15, 0.2) is 18.2 Å². The quantitative estimate of drug-likeness (QED) is 0.667. The molecule has 0 amide bonds. The zero-order valence-corrected chi connectivity index (χ0v) is 17.2. The molecule has 3 nitrogen and oxygen atoms in total. The summed E-state index contributed by atoms with van der Waals surface area (Å²) in [6.07, 6.45) is 6.30. The summed E-state index contributed by atoms with van der Waals surface area (Å²) in [6, 6.07) is 0. The van der Waals surface area contributed by atoms with Crippen molar-refractivity contribution in [2.45, 2.75) is 49.0 Å². The third-order valence-corrected chi connectivity index (χ3v) is 9.47. The molecule has 0 heterocycles. The predicted molar refractivity (Wildman–Crippen MR) is 103 cm³/mol. The van der Waals surface area contributed by atoms with Crippen LogP contribution < -0.4 is 0 Å². The molecule has 1 unspecified atom stereocenters. The lowest BCUT2D eigenvalue weighted by molar-refractivity contribution is -0.157. The first-order valence-electron chi connectivity index (χ1n) is 9.43. The number of hydrogen-bond acceptors (Lipinski definition) is 3. The van der Waals surface area contributed by atoms with Crippen LogP contribution in [0.5, 0.6) is 0 Å². The van der Waals surface area contributed by atoms with E-state index in [1.807, 2.05) is 0 Å². The Morgan fingerprint density at radius 3 is 2.71 bits per heavy atom. The third kappa shape index (κ3) is 2.13. The van der Waals surface area contributed by atoms with Crippen LogP contribution in [0, 0.1) is 22.7 Å². The SMILES string of the molecule is C[C@]12C=CC(=O)C=C1C(F)=C[C@H]1[C@@H]3CC[C@](O)(C(=O)CF)[C@@]3(C)CC(Cl)[C@@]12Cl. The molecule has 0 aliphatic heterocycles. The molecule has 0 radical (unpaired) electrons. The van der Waals surface area contributed by atoms with E-state index in [0.717, 1.165) is 0 Å². The van der Waals surface area contributed by atoms with Crippen molar-refractivity contribution in [1.82, 2.24) is 0 Å². The van der Waals surface area contributed by atoms with E-state index in [-0.39, 0.29) is 30.1 Å². The van der Waals surface area contributed by atoms with E-state index in [9.17, 15) is 19.1 Å². The Morgan fingerprint density at radius 1 is 1.39 bits per heavy atom. The predicted octanol–water partition coefficient (Wildman–Crippen LogP) is 4.22. The van der Waals surface area contributed by atoms with Gasteiger partial charge in [0.25, 0.3) is 0 Å². The molecule has 0 saturated heterocycles. The first kappa shape index (κ1) is 20.2. The zero-order chi connectivity index (χ0) is 20.7. The Morgan fingerprint density at radius 2 is 2.07 bits per heavy atom. The molecule has 0 spiro atoms. The maximum Gasteiger partial charge on any atom is 0.195 e. The average Bonchev–Trinajstić information content (AvgIpc) is 2.91. The largest absolute Gasteiger partial charge is 0.381 e. The molecule has 0 aromatic carbocycles. The number of allylic oxidation sites excluding steroid dienone is 6. The summed E-state index contributed by atoms with van der Waals surface area (Å²) in [7, 11) is 0. The lowest BCUT2D eigenvalue weighted by Crippen LogP contribution is -2.66. The molecule has 0 aromatic rings. The van der Waals surface area contributed by atoms with E-state index in [2.05, 4.69) is 0 Å². The van der Waals surface area contributed by atoms with E-state index in [1.54, 1.807) is 19.9 Å². The summed E-state index contributed by atoms with van der Waals surface area (Å²) in [5, 5.41) is 10.4. The Kier molecular flexibility index (Phi) is 4.33. The summed E-state index contributed by atoms with van der Waals surface area (Å²) < 4.78 is 28.3. The Bertz CT molecular complexity index is 868. The molecule has 4 rings (SSSR count). The maximum absolute atomic E-state index is 15.1. The van der Waals surface area contributed by atoms with Crippen LogP contribution in [0.3, 0.4) is 0 Å². The highest BCUT2D eigenvalue weighted by Crippen LogP contribution is 2.70. The summed E-state index contributed by atoms with van der Waals surface area (Å²) >= 11 is 14.0. The second-order valence-corrected chi connectivity index (χ2v) is 10.1. The number of alkyl halides is 3. The van der Waals surface area contributed by atoms with Crippen molar-refractivity contribution in [2.75, 3.05) is 6.67 Å². The number of aliphatic hydroxyl groups is 1. The summed E-state index contributed by atoms with van der Waals surface area (Å²) in [5.41, 5.74) is -3.69. The number of hydrogen-bond donors (Lipinski definition) is 1. The van der Waals surface area contributed by atoms with Crippen molar-refractivity contribution in [2.24, 2.45) is 22.7 Å². The van der Waals surface area contributed by atoms with Crippen LogP contribution in [0.4, 0.5) is 8.78 Å². The van der Waals surface area contributed by atoms with Crippen molar-refractivity contribution in [3.8, 4) is 0 Å². The van der Waals surface area contributed by atoms with Gasteiger partial charge in [0.05, 0.1) is 10.3 Å². The first-order valence-corrected chi connectivity index (χ1v) is 10.2. The highest BCUT2D eigenvalue weighted by molar-refractivity contribution is 6.34. The molecule has 1 N–H and O–H groups in total. The normalized spacial score (nSPS) is 49.7. The number of ketones is 2. The zero-order valence-electron chi connectivity index (χ0n) is 15.6. The number of halogens is 4. The minimum atomic E-state index is -1.85. The standard InChI is InChI=1S/C21H22Cl2F2O3/c1-18-5-3-11(26)7-14(18)15(25)8-13-12-4-6-20(28,17(27)10-24)19(12,2)9-16(22)21(13,18)23/h3,5,7-8,12-13,16,28H,4,6,9-10H2,1-2H3/t12-,13-,16?,18-,19-,20-,21-/m0/s1. The van der Waals surface area contributed by atoms with Crippen molar-refractivity contribution in [1.29, 1.82) is 0 Å². The molecule has 2 saturated carbocycles. The van der Waals surface area contributed by atoms with Gasteiger partial charge in [-0.15, -0.1) is 23.2 Å². The molecule has 7 heteroatoms. The second kappa shape index (κ2) is 5.99. The molecule has 2 fully saturated rings. The van der Waals surface area contributed by atoms with Gasteiger partial charge in [-0.05, 0) is 43.4 Å². The first-order chi connectivity index (χ1) is 13.0. The fraction of sp³-hybridized carbons (Fsp3) is 0.619. The number of Topliss-reactive ketones (excluding diaryl/α,β-unsaturated/α-hetero) is 1. The van der Waals surface area contributed by atoms with Crippen LogP contribution in [-0.4, -0.2) is 39.2 Å². The minimum Gasteiger partial charge on any atom is -0.381 e. The summed E-state index contributed by atoms with van der Waals surface area (Å²) in [6.45, 7) is 2.23. The highest BCUT2D eigenvalue weighted by atomic mass is 35.5. The molecule has 28 heavy (non-hydrogen) atoms. The number of fused-ring (bicyclic) bond motifs is 5. The topological polar surface area (TPSA) is 54.4 Å². The fourth-order valence-corrected chi connectivity index (χ4v) is 7.40. The van der Waals surface area contributed by atoms with Crippen molar-refractivity contribution in [3.63, 3.8) is 0 Å². The molecule has 0 bridgehead atoms. The van der Waals surface area contributed by atoms with Gasteiger partial charge in [-0.3, -0.25) is 9.59 Å². The van der Waals surface area contributed by atoms with E-state index in [0.29, 0.717) is 6.42 Å². The second-order valence-electron chi connectivity index (χ2n) is 8.96. The van der Waals surface area contributed by atoms with Crippen LogP contribution in [-0.2, 0) is 9.59 Å². The van der Waals surface area contributed by atoms with E-state index < -0.39 is 50.9 Å². The smallest absolute Gasteiger partial charge is 0.195 e. The van der Waals surface area contributed by atoms with Crippen LogP contribution in [0.1, 0.15) is 33.1 Å². The Balaban J connectivity index is 1.90. The molecule has 152 valence electrons. The van der Waals surface area contributed by atoms with Gasteiger partial charge in [-0.1, -0.05) is 19.9 Å². The fourth-order valence-electron chi connectivity index (χ4n) is 6.25. The third-order valence-electron chi connectivity index (χ3n) is 7.95. The maximum atomic E-state index is 15.1. The van der Waals surface area contributed by atoms with Crippen molar-refractivity contribution >= 4 is 34.8 Å². The van der Waals surface area contributed by atoms with Crippen LogP contribution in [0.2, 0.25) is 0 Å². The van der Waals surface area contributed by atoms with Gasteiger partial charge >= 0.3 is 0 Å². The number of carbonyl (C=O) groups is 2. The Labute approximate surface area is 172 Å². The summed E-state index contributed by atoms with van der Waals surface area (Å²) in [5.74, 6) is -2.65. The minimum absolute atomic E-state index is 0.0905. The van der Waals surface area contributed by atoms with Crippen LogP contribution >= 0.6 is 23.2 Å². The van der Waals surface area contributed by atoms with Gasteiger partial charge in [0.2, 0.25) is 0 Å². The molecule has 0 aromatic heterocycles. The van der Waals surface area contributed by atoms with Gasteiger partial charge in [0, 0.05) is 22.3 Å².